The maximum Gasteiger partial charge on any atom is 0.264 e. The van der Waals surface area contributed by atoms with Crippen LogP contribution in [0.25, 0.3) is 11.3 Å². The molecule has 4 aliphatic heterocycles. The van der Waals surface area contributed by atoms with Gasteiger partial charge < -0.3 is 30.7 Å². The maximum absolute atomic E-state index is 13.3. The first-order chi connectivity index (χ1) is 30.7. The Morgan fingerprint density at radius 1 is 0.810 bits per heavy atom. The van der Waals surface area contributed by atoms with Gasteiger partial charge in [0.15, 0.2) is 0 Å². The minimum atomic E-state index is -0.994. The lowest BCUT2D eigenvalue weighted by Crippen LogP contribution is -2.54. The van der Waals surface area contributed by atoms with E-state index in [0.717, 1.165) is 74.0 Å². The van der Waals surface area contributed by atoms with Crippen LogP contribution in [-0.4, -0.2) is 100 Å². The number of anilines is 2. The Labute approximate surface area is 365 Å². The van der Waals surface area contributed by atoms with E-state index in [1.54, 1.807) is 18.2 Å². The summed E-state index contributed by atoms with van der Waals surface area (Å²) in [6, 6.07) is 21.2. The number of benzene rings is 3. The van der Waals surface area contributed by atoms with Gasteiger partial charge in [-0.25, -0.2) is 4.68 Å². The fraction of sp³-hybridized carbons (Fsp3) is 0.426. The largest absolute Gasteiger partial charge is 0.457 e. The summed E-state index contributed by atoms with van der Waals surface area (Å²) in [6.07, 6.45) is 8.48. The van der Waals surface area contributed by atoms with Crippen LogP contribution in [0.5, 0.6) is 11.5 Å². The third kappa shape index (κ3) is 9.60. The average Bonchev–Trinajstić information content (AvgIpc) is 3.81. The summed E-state index contributed by atoms with van der Waals surface area (Å²) in [4.78, 5) is 79.1. The molecule has 1 unspecified atom stereocenters. The van der Waals surface area contributed by atoms with Crippen molar-refractivity contribution in [1.29, 1.82) is 0 Å². The van der Waals surface area contributed by atoms with Gasteiger partial charge in [0.1, 0.15) is 41.2 Å². The minimum absolute atomic E-state index is 0.00263. The normalized spacial score (nSPS) is 18.7. The molecule has 4 aliphatic rings. The molecular formula is C47H54N8O8. The number of imide groups is 2. The van der Waals surface area contributed by atoms with Crippen LogP contribution in [-0.2, 0) is 19.1 Å². The Hall–Kier alpha value is -6.55. The van der Waals surface area contributed by atoms with Crippen LogP contribution < -0.4 is 26.4 Å². The molecule has 3 aromatic carbocycles. The first-order valence-electron chi connectivity index (χ1n) is 22.1. The SMILES string of the molecule is NC(=O)c1c(-c2ccc(Oc3ccccc3)cc2)nn2c1NCC[C@H]2C1CCN(C(=O)COCCCCCCCCNc2cccc3c2C(=O)N(C2CCC(=O)NC2=O)C3=O)CC1. The number of likely N-dealkylation sites (tertiary alicyclic amines) is 1. The summed E-state index contributed by atoms with van der Waals surface area (Å²) in [6.45, 7) is 3.19. The van der Waals surface area contributed by atoms with E-state index in [1.165, 1.54) is 0 Å². The molecule has 16 nitrogen and oxygen atoms in total. The summed E-state index contributed by atoms with van der Waals surface area (Å²) in [5, 5.41) is 13.9. The van der Waals surface area contributed by atoms with Crippen molar-refractivity contribution < 1.29 is 38.2 Å². The van der Waals surface area contributed by atoms with Gasteiger partial charge in [-0.1, -0.05) is 49.9 Å². The van der Waals surface area contributed by atoms with E-state index in [1.807, 2.05) is 64.2 Å². The van der Waals surface area contributed by atoms with E-state index in [2.05, 4.69) is 16.0 Å². The monoisotopic (exact) mass is 858 g/mol. The van der Waals surface area contributed by atoms with E-state index < -0.39 is 35.6 Å². The maximum atomic E-state index is 13.3. The van der Waals surface area contributed by atoms with E-state index in [0.29, 0.717) is 61.3 Å². The van der Waals surface area contributed by atoms with Gasteiger partial charge in [0, 0.05) is 50.5 Å². The van der Waals surface area contributed by atoms with Crippen LogP contribution in [0.1, 0.15) is 108 Å². The first-order valence-corrected chi connectivity index (χ1v) is 22.1. The quantitative estimate of drug-likeness (QED) is 0.0684. The first kappa shape index (κ1) is 43.1. The number of aromatic nitrogens is 2. The Kier molecular flexibility index (Phi) is 13.5. The highest BCUT2D eigenvalue weighted by Gasteiger charge is 2.45. The predicted molar refractivity (Wildman–Crippen MR) is 234 cm³/mol. The highest BCUT2D eigenvalue weighted by Crippen LogP contribution is 2.40. The molecule has 330 valence electrons. The van der Waals surface area contributed by atoms with Gasteiger partial charge in [0.05, 0.1) is 17.2 Å². The standard InChI is InChI=1S/C47H54N8O8/c48-43(58)41-42(31-15-17-33(18-16-31)63-32-11-6-5-7-12-32)52-55-36(21-25-50-44(41)55)30-22-26-53(27-23-30)39(57)29-62-28-9-4-2-1-3-8-24-49-35-14-10-13-34-40(35)47(61)54(46(34)60)37-19-20-38(56)51-45(37)59/h5-7,10-18,30,36-37,49-50H,1-4,8-9,19-29H2,(H2,48,58)(H,51,56,59)/t36-,37?/m0/s1. The second-order valence-corrected chi connectivity index (χ2v) is 16.6. The Balaban J connectivity index is 0.719. The topological polar surface area (TPSA) is 207 Å². The second kappa shape index (κ2) is 19.7. The van der Waals surface area contributed by atoms with Crippen LogP contribution >= 0.6 is 0 Å². The molecule has 0 bridgehead atoms. The Morgan fingerprint density at radius 3 is 2.29 bits per heavy atom. The summed E-state index contributed by atoms with van der Waals surface area (Å²) in [5.41, 5.74) is 8.72. The number of fused-ring (bicyclic) bond motifs is 2. The summed E-state index contributed by atoms with van der Waals surface area (Å²) < 4.78 is 13.7. The van der Waals surface area contributed by atoms with Crippen molar-refractivity contribution in [3.63, 3.8) is 0 Å². The molecule has 0 spiro atoms. The van der Waals surface area contributed by atoms with Gasteiger partial charge in [-0.05, 0) is 93.0 Å². The Bertz CT molecular complexity index is 2340. The molecule has 2 atom stereocenters. The van der Waals surface area contributed by atoms with E-state index in [9.17, 15) is 28.8 Å². The molecule has 0 aliphatic carbocycles. The number of hydrogen-bond acceptors (Lipinski definition) is 11. The van der Waals surface area contributed by atoms with Crippen LogP contribution in [0.15, 0.2) is 72.8 Å². The number of nitrogens with one attached hydrogen (secondary N) is 3. The van der Waals surface area contributed by atoms with Crippen molar-refractivity contribution >= 4 is 46.9 Å². The van der Waals surface area contributed by atoms with E-state index in [-0.39, 0.29) is 48.4 Å². The van der Waals surface area contributed by atoms with Crippen LogP contribution in [0.4, 0.5) is 11.5 Å². The highest BCUT2D eigenvalue weighted by molar-refractivity contribution is 6.25. The summed E-state index contributed by atoms with van der Waals surface area (Å²) >= 11 is 0. The Morgan fingerprint density at radius 2 is 1.54 bits per heavy atom. The molecule has 0 saturated carbocycles. The van der Waals surface area contributed by atoms with Crippen molar-refractivity contribution in [2.45, 2.75) is 82.7 Å². The number of ether oxygens (including phenoxy) is 2. The number of nitrogens with two attached hydrogens (primary N) is 1. The highest BCUT2D eigenvalue weighted by atomic mass is 16.5. The molecule has 63 heavy (non-hydrogen) atoms. The average molecular weight is 859 g/mol. The van der Waals surface area contributed by atoms with Crippen molar-refractivity contribution in [1.82, 2.24) is 24.9 Å². The number of hydrogen-bond donors (Lipinski definition) is 4. The molecule has 2 saturated heterocycles. The minimum Gasteiger partial charge on any atom is -0.457 e. The number of amides is 6. The zero-order valence-electron chi connectivity index (χ0n) is 35.3. The van der Waals surface area contributed by atoms with Crippen molar-refractivity contribution in [3.05, 3.63) is 89.5 Å². The lowest BCUT2D eigenvalue weighted by molar-refractivity contribution is -0.138. The van der Waals surface area contributed by atoms with Crippen molar-refractivity contribution in [2.24, 2.45) is 11.7 Å². The lowest BCUT2D eigenvalue weighted by atomic mass is 9.87. The molecule has 0 radical (unpaired) electrons. The van der Waals surface area contributed by atoms with Crippen LogP contribution in [0.3, 0.4) is 0 Å². The predicted octanol–water partition coefficient (Wildman–Crippen LogP) is 5.91. The smallest absolute Gasteiger partial charge is 0.264 e. The second-order valence-electron chi connectivity index (χ2n) is 16.6. The molecule has 1 aromatic heterocycles. The molecular weight excluding hydrogens is 805 g/mol. The van der Waals surface area contributed by atoms with Crippen LogP contribution in [0.2, 0.25) is 0 Å². The number of para-hydroxylation sites is 1. The van der Waals surface area contributed by atoms with Gasteiger partial charge in [-0.2, -0.15) is 5.10 Å². The summed E-state index contributed by atoms with van der Waals surface area (Å²) in [5.74, 6) is -0.263. The van der Waals surface area contributed by atoms with E-state index in [4.69, 9.17) is 20.3 Å². The van der Waals surface area contributed by atoms with Gasteiger partial charge in [-0.3, -0.25) is 39.0 Å². The molecule has 4 aromatic rings. The van der Waals surface area contributed by atoms with Gasteiger partial charge in [0.25, 0.3) is 17.7 Å². The molecule has 6 amide bonds. The third-order valence-electron chi connectivity index (χ3n) is 12.5. The number of carbonyl (C=O) groups is 6. The zero-order valence-corrected chi connectivity index (χ0v) is 35.3. The molecule has 5 heterocycles. The fourth-order valence-electron chi connectivity index (χ4n) is 9.19. The summed E-state index contributed by atoms with van der Waals surface area (Å²) in [7, 11) is 0. The number of nitrogens with zero attached hydrogens (tertiary/aromatic N) is 4. The van der Waals surface area contributed by atoms with Gasteiger partial charge in [0.2, 0.25) is 17.7 Å². The lowest BCUT2D eigenvalue weighted by Gasteiger charge is -2.38. The number of carbonyl (C=O) groups excluding carboxylic acids is 6. The van der Waals surface area contributed by atoms with Gasteiger partial charge >= 0.3 is 0 Å². The molecule has 16 heteroatoms. The third-order valence-corrected chi connectivity index (χ3v) is 12.5. The molecule has 8 rings (SSSR count). The van der Waals surface area contributed by atoms with E-state index >= 15 is 0 Å². The molecule has 5 N–H and O–H groups in total. The number of rotatable bonds is 18. The fourth-order valence-corrected chi connectivity index (χ4v) is 9.19. The van der Waals surface area contributed by atoms with Crippen molar-refractivity contribution in [3.8, 4) is 22.8 Å². The number of primary amides is 1. The van der Waals surface area contributed by atoms with Gasteiger partial charge in [-0.15, -0.1) is 0 Å². The van der Waals surface area contributed by atoms with Crippen LogP contribution in [0, 0.1) is 5.92 Å². The van der Waals surface area contributed by atoms with Crippen molar-refractivity contribution in [2.75, 3.05) is 50.0 Å². The number of unbranched alkanes of at least 4 members (excludes halogenated alkanes) is 5. The number of piperidine rings is 2. The molecule has 2 fully saturated rings. The zero-order chi connectivity index (χ0) is 43.9.